The summed E-state index contributed by atoms with van der Waals surface area (Å²) in [5, 5.41) is 5.51. The summed E-state index contributed by atoms with van der Waals surface area (Å²) in [6.07, 6.45) is 4.23. The number of pyridine rings is 1. The van der Waals surface area contributed by atoms with Crippen molar-refractivity contribution in [3.8, 4) is 0 Å². The number of carbonyl (C=O) groups excluding carboxylic acids is 2. The van der Waals surface area contributed by atoms with Crippen molar-refractivity contribution in [1.82, 2.24) is 15.2 Å². The van der Waals surface area contributed by atoms with Gasteiger partial charge in [-0.1, -0.05) is 43.3 Å². The van der Waals surface area contributed by atoms with E-state index in [-0.39, 0.29) is 18.4 Å². The molecule has 1 aromatic heterocycles. The number of anilines is 2. The number of aromatic nitrogens is 1. The van der Waals surface area contributed by atoms with Gasteiger partial charge in [0.2, 0.25) is 0 Å². The van der Waals surface area contributed by atoms with Crippen LogP contribution in [0.1, 0.15) is 24.1 Å². The molecule has 4 rings (SSSR count). The third-order valence-electron chi connectivity index (χ3n) is 6.33. The number of carbonyl (C=O) groups is 2. The molecule has 3 aromatic rings. The minimum absolute atomic E-state index is 0.161. The molecule has 35 heavy (non-hydrogen) atoms. The fourth-order valence-electron chi connectivity index (χ4n) is 4.41. The van der Waals surface area contributed by atoms with Gasteiger partial charge in [0.1, 0.15) is 5.82 Å². The molecular weight excluding hydrogens is 445 g/mol. The van der Waals surface area contributed by atoms with Crippen LogP contribution >= 0.6 is 0 Å². The summed E-state index contributed by atoms with van der Waals surface area (Å²) >= 11 is 0. The second-order valence-electron chi connectivity index (χ2n) is 8.45. The lowest BCUT2D eigenvalue weighted by atomic mass is 10.1. The van der Waals surface area contributed by atoms with Gasteiger partial charge in [0.25, 0.3) is 0 Å². The molecule has 1 saturated heterocycles. The zero-order chi connectivity index (χ0) is 24.6. The number of nitrogens with zero attached hydrogens (tertiary/aromatic N) is 3. The molecule has 0 radical (unpaired) electrons. The molecule has 0 saturated carbocycles. The second-order valence-corrected chi connectivity index (χ2v) is 8.45. The number of nitrogens with one attached hydrogen (secondary N) is 2. The van der Waals surface area contributed by atoms with Crippen LogP contribution in [-0.4, -0.2) is 54.4 Å². The predicted molar refractivity (Wildman–Crippen MR) is 135 cm³/mol. The Kier molecular flexibility index (Phi) is 8.05. The standard InChI is InChI=1S/C27H30FN5O2/c1-2-20-8-3-5-11-23(20)31-27(35)26(34)30-19-25(21-9-7-13-29-18-21)33-16-14-32(15-17-33)24-12-6-4-10-22(24)28/h3-13,18,25H,2,14-17,19H2,1H3,(H,30,34)(H,31,35)/t25-/m0/s1. The van der Waals surface area contributed by atoms with Gasteiger partial charge in [-0.05, 0) is 41.8 Å². The summed E-state index contributed by atoms with van der Waals surface area (Å²) in [4.78, 5) is 33.7. The molecule has 7 nitrogen and oxygen atoms in total. The van der Waals surface area contributed by atoms with Crippen molar-refractivity contribution in [3.05, 3.63) is 90.0 Å². The molecule has 182 valence electrons. The molecule has 8 heteroatoms. The SMILES string of the molecule is CCc1ccccc1NC(=O)C(=O)NC[C@@H](c1cccnc1)N1CCN(c2ccccc2F)CC1. The van der Waals surface area contributed by atoms with E-state index >= 15 is 0 Å². The first-order chi connectivity index (χ1) is 17.1. The lowest BCUT2D eigenvalue weighted by Crippen LogP contribution is -2.50. The van der Waals surface area contributed by atoms with Crippen LogP contribution in [0.2, 0.25) is 0 Å². The van der Waals surface area contributed by atoms with Crippen LogP contribution in [0.4, 0.5) is 15.8 Å². The Morgan fingerprint density at radius 1 is 0.971 bits per heavy atom. The summed E-state index contributed by atoms with van der Waals surface area (Å²) in [7, 11) is 0. The fourth-order valence-corrected chi connectivity index (χ4v) is 4.41. The summed E-state index contributed by atoms with van der Waals surface area (Å²) < 4.78 is 14.2. The van der Waals surface area contributed by atoms with Crippen LogP contribution in [0.5, 0.6) is 0 Å². The molecule has 2 aromatic carbocycles. The molecule has 0 aliphatic carbocycles. The molecule has 1 aliphatic heterocycles. The van der Waals surface area contributed by atoms with Crippen molar-refractivity contribution in [2.24, 2.45) is 0 Å². The Labute approximate surface area is 205 Å². The summed E-state index contributed by atoms with van der Waals surface area (Å²) in [5.74, 6) is -1.61. The van der Waals surface area contributed by atoms with E-state index in [2.05, 4.69) is 20.5 Å². The first-order valence-electron chi connectivity index (χ1n) is 11.9. The summed E-state index contributed by atoms with van der Waals surface area (Å²) in [5.41, 5.74) is 3.16. The quantitative estimate of drug-likeness (QED) is 0.512. The van der Waals surface area contributed by atoms with E-state index < -0.39 is 11.8 Å². The first kappa shape index (κ1) is 24.3. The molecule has 1 atom stereocenters. The Bertz CT molecular complexity index is 1150. The van der Waals surface area contributed by atoms with Crippen molar-refractivity contribution < 1.29 is 14.0 Å². The number of amides is 2. The number of piperazine rings is 1. The lowest BCUT2D eigenvalue weighted by molar-refractivity contribution is -0.136. The highest BCUT2D eigenvalue weighted by molar-refractivity contribution is 6.39. The lowest BCUT2D eigenvalue weighted by Gasteiger charge is -2.40. The highest BCUT2D eigenvalue weighted by Gasteiger charge is 2.27. The normalized spacial score (nSPS) is 14.9. The maximum atomic E-state index is 14.2. The van der Waals surface area contributed by atoms with E-state index in [1.807, 2.05) is 48.2 Å². The number of rotatable bonds is 7. The first-order valence-corrected chi connectivity index (χ1v) is 11.9. The van der Waals surface area contributed by atoms with Gasteiger partial charge in [-0.15, -0.1) is 0 Å². The van der Waals surface area contributed by atoms with E-state index in [1.54, 1.807) is 30.6 Å². The van der Waals surface area contributed by atoms with E-state index in [9.17, 15) is 14.0 Å². The number of benzene rings is 2. The molecule has 0 spiro atoms. The minimum atomic E-state index is -0.694. The average Bonchev–Trinajstić information content (AvgIpc) is 2.90. The van der Waals surface area contributed by atoms with Crippen LogP contribution in [0.15, 0.2) is 73.1 Å². The molecule has 1 fully saturated rings. The molecule has 2 heterocycles. The Morgan fingerprint density at radius 2 is 1.71 bits per heavy atom. The van der Waals surface area contributed by atoms with Crippen LogP contribution in [-0.2, 0) is 16.0 Å². The Balaban J connectivity index is 1.40. The molecule has 2 amide bonds. The number of para-hydroxylation sites is 2. The second kappa shape index (κ2) is 11.6. The van der Waals surface area contributed by atoms with Gasteiger partial charge in [-0.2, -0.15) is 0 Å². The summed E-state index contributed by atoms with van der Waals surface area (Å²) in [6, 6.07) is 17.9. The van der Waals surface area contributed by atoms with E-state index in [1.165, 1.54) is 6.07 Å². The van der Waals surface area contributed by atoms with Crippen molar-refractivity contribution in [2.75, 3.05) is 42.9 Å². The van der Waals surface area contributed by atoms with Crippen LogP contribution in [0, 0.1) is 5.82 Å². The highest BCUT2D eigenvalue weighted by Crippen LogP contribution is 2.25. The largest absolute Gasteiger partial charge is 0.367 e. The van der Waals surface area contributed by atoms with Gasteiger partial charge in [0.15, 0.2) is 0 Å². The third kappa shape index (κ3) is 6.02. The number of hydrogen-bond acceptors (Lipinski definition) is 5. The van der Waals surface area contributed by atoms with Crippen LogP contribution < -0.4 is 15.5 Å². The third-order valence-corrected chi connectivity index (χ3v) is 6.33. The van der Waals surface area contributed by atoms with Gasteiger partial charge in [0.05, 0.1) is 11.7 Å². The molecule has 1 aliphatic rings. The van der Waals surface area contributed by atoms with E-state index in [0.29, 0.717) is 37.6 Å². The van der Waals surface area contributed by atoms with Crippen LogP contribution in [0.25, 0.3) is 0 Å². The minimum Gasteiger partial charge on any atom is -0.367 e. The Hall–Kier alpha value is -3.78. The highest BCUT2D eigenvalue weighted by atomic mass is 19.1. The maximum Gasteiger partial charge on any atom is 0.313 e. The van der Waals surface area contributed by atoms with Crippen molar-refractivity contribution in [2.45, 2.75) is 19.4 Å². The van der Waals surface area contributed by atoms with Gasteiger partial charge in [-0.3, -0.25) is 19.5 Å². The van der Waals surface area contributed by atoms with Gasteiger partial charge >= 0.3 is 11.8 Å². The van der Waals surface area contributed by atoms with Gasteiger partial charge in [-0.25, -0.2) is 4.39 Å². The van der Waals surface area contributed by atoms with Gasteiger partial charge < -0.3 is 15.5 Å². The fraction of sp³-hybridized carbons (Fsp3) is 0.296. The molecular formula is C27H30FN5O2. The van der Waals surface area contributed by atoms with E-state index in [0.717, 1.165) is 17.5 Å². The number of halogens is 1. The smallest absolute Gasteiger partial charge is 0.313 e. The zero-order valence-electron chi connectivity index (χ0n) is 19.8. The van der Waals surface area contributed by atoms with Crippen molar-refractivity contribution >= 4 is 23.2 Å². The zero-order valence-corrected chi connectivity index (χ0v) is 19.8. The van der Waals surface area contributed by atoms with E-state index in [4.69, 9.17) is 0 Å². The monoisotopic (exact) mass is 475 g/mol. The van der Waals surface area contributed by atoms with Crippen molar-refractivity contribution in [3.63, 3.8) is 0 Å². The number of aryl methyl sites for hydroxylation is 1. The topological polar surface area (TPSA) is 77.6 Å². The van der Waals surface area contributed by atoms with Crippen LogP contribution in [0.3, 0.4) is 0 Å². The Morgan fingerprint density at radius 3 is 2.43 bits per heavy atom. The van der Waals surface area contributed by atoms with Gasteiger partial charge in [0, 0.05) is 50.8 Å². The number of hydrogen-bond donors (Lipinski definition) is 2. The molecule has 0 unspecified atom stereocenters. The summed E-state index contributed by atoms with van der Waals surface area (Å²) in [6.45, 7) is 4.92. The van der Waals surface area contributed by atoms with Crippen molar-refractivity contribution in [1.29, 1.82) is 0 Å². The maximum absolute atomic E-state index is 14.2. The molecule has 0 bridgehead atoms. The predicted octanol–water partition coefficient (Wildman–Crippen LogP) is 3.40. The molecule has 2 N–H and O–H groups in total. The average molecular weight is 476 g/mol.